The summed E-state index contributed by atoms with van der Waals surface area (Å²) in [7, 11) is 1.78. The molecule has 0 spiro atoms. The average Bonchev–Trinajstić information content (AvgIpc) is 2.97. The monoisotopic (exact) mass is 593 g/mol. The zero-order valence-electron chi connectivity index (χ0n) is 27.7. The van der Waals surface area contributed by atoms with Gasteiger partial charge in [0.2, 0.25) is 0 Å². The van der Waals surface area contributed by atoms with Crippen LogP contribution in [0, 0.1) is 0 Å². The highest BCUT2D eigenvalue weighted by Crippen LogP contribution is 2.39. The van der Waals surface area contributed by atoms with Crippen LogP contribution in [0.4, 0.5) is 4.79 Å². The third-order valence-corrected chi connectivity index (χ3v) is 9.01. The van der Waals surface area contributed by atoms with Crippen LogP contribution >= 0.6 is 0 Å². The van der Waals surface area contributed by atoms with E-state index >= 15 is 0 Å². The van der Waals surface area contributed by atoms with Crippen molar-refractivity contribution in [1.82, 2.24) is 14.7 Å². The van der Waals surface area contributed by atoms with E-state index in [2.05, 4.69) is 60.9 Å². The van der Waals surface area contributed by atoms with Crippen molar-refractivity contribution in [2.75, 3.05) is 52.9 Å². The van der Waals surface area contributed by atoms with Crippen molar-refractivity contribution in [2.45, 2.75) is 96.5 Å². The molecule has 2 fully saturated rings. The van der Waals surface area contributed by atoms with Crippen molar-refractivity contribution in [3.63, 3.8) is 0 Å². The van der Waals surface area contributed by atoms with Crippen LogP contribution in [0.1, 0.15) is 84.5 Å². The van der Waals surface area contributed by atoms with Crippen LogP contribution in [0.5, 0.6) is 5.75 Å². The number of ether oxygens (including phenoxy) is 3. The molecule has 2 aromatic rings. The number of nitrogens with zero attached hydrogens (tertiary/aromatic N) is 3. The van der Waals surface area contributed by atoms with E-state index in [0.717, 1.165) is 69.9 Å². The topological polar surface area (TPSA) is 54.5 Å². The molecule has 0 aromatic heterocycles. The van der Waals surface area contributed by atoms with Crippen LogP contribution in [0.15, 0.2) is 54.6 Å². The zero-order chi connectivity index (χ0) is 31.1. The first kappa shape index (κ1) is 33.3. The Morgan fingerprint density at radius 3 is 2.42 bits per heavy atom. The van der Waals surface area contributed by atoms with Gasteiger partial charge in [-0.15, -0.1) is 0 Å². The molecule has 2 atom stereocenters. The smallest absolute Gasteiger partial charge is 0.410 e. The standard InChI is InChI=1S/C36H55N3O4/c1-8-36(19-26-41-35(5,6)28-36)39-24-22-38(23-25-39)21-17-29-13-12-16-31(27-29)42-32(30-14-10-9-11-15-30)18-20-37(7)33(40)43-34(2,3)4/h9-16,27,32H,8,17-26,28H2,1-7H3/t32-,36?/m1/s1. The first-order valence-corrected chi connectivity index (χ1v) is 16.2. The second-order valence-electron chi connectivity index (χ2n) is 14.0. The van der Waals surface area contributed by atoms with Gasteiger partial charge in [-0.2, -0.15) is 0 Å². The Hall–Kier alpha value is -2.61. The summed E-state index contributed by atoms with van der Waals surface area (Å²) >= 11 is 0. The molecule has 0 saturated carbocycles. The van der Waals surface area contributed by atoms with Gasteiger partial charge in [0, 0.05) is 64.9 Å². The Kier molecular flexibility index (Phi) is 11.2. The molecule has 0 bridgehead atoms. The van der Waals surface area contributed by atoms with Gasteiger partial charge in [0.25, 0.3) is 0 Å². The van der Waals surface area contributed by atoms with Crippen LogP contribution in [-0.2, 0) is 15.9 Å². The number of piperazine rings is 1. The lowest BCUT2D eigenvalue weighted by Crippen LogP contribution is -2.61. The quantitative estimate of drug-likeness (QED) is 0.281. The number of carbonyl (C=O) groups is 1. The molecule has 0 aliphatic carbocycles. The van der Waals surface area contributed by atoms with Gasteiger partial charge >= 0.3 is 6.09 Å². The predicted octanol–water partition coefficient (Wildman–Crippen LogP) is 6.96. The molecular formula is C36H55N3O4. The summed E-state index contributed by atoms with van der Waals surface area (Å²) in [6.45, 7) is 19.4. The Balaban J connectivity index is 1.31. The van der Waals surface area contributed by atoms with Gasteiger partial charge < -0.3 is 24.0 Å². The van der Waals surface area contributed by atoms with Crippen molar-refractivity contribution in [1.29, 1.82) is 0 Å². The predicted molar refractivity (Wildman–Crippen MR) is 174 cm³/mol. The molecule has 0 N–H and O–H groups in total. The summed E-state index contributed by atoms with van der Waals surface area (Å²) in [5.41, 5.74) is 2.10. The van der Waals surface area contributed by atoms with Crippen molar-refractivity contribution in [2.24, 2.45) is 0 Å². The summed E-state index contributed by atoms with van der Waals surface area (Å²) in [6, 6.07) is 18.8. The maximum absolute atomic E-state index is 12.5. The Bertz CT molecular complexity index is 1160. The average molecular weight is 594 g/mol. The Labute approximate surface area is 260 Å². The lowest BCUT2D eigenvalue weighted by atomic mass is 9.77. The van der Waals surface area contributed by atoms with E-state index in [0.29, 0.717) is 13.0 Å². The second kappa shape index (κ2) is 14.4. The van der Waals surface area contributed by atoms with E-state index < -0.39 is 5.60 Å². The van der Waals surface area contributed by atoms with E-state index in [-0.39, 0.29) is 23.3 Å². The van der Waals surface area contributed by atoms with Gasteiger partial charge in [-0.1, -0.05) is 49.4 Å². The van der Waals surface area contributed by atoms with Crippen LogP contribution < -0.4 is 4.74 Å². The second-order valence-corrected chi connectivity index (χ2v) is 14.0. The van der Waals surface area contributed by atoms with E-state index in [1.54, 1.807) is 11.9 Å². The fourth-order valence-corrected chi connectivity index (χ4v) is 6.62. The number of amides is 1. The SMILES string of the molecule is CCC1(N2CCN(CCc3cccc(O[C@H](CCN(C)C(=O)OC(C)(C)C)c4ccccc4)c3)CC2)CCOC(C)(C)C1. The molecule has 2 aromatic carbocycles. The highest BCUT2D eigenvalue weighted by Gasteiger charge is 2.44. The minimum atomic E-state index is -0.519. The van der Waals surface area contributed by atoms with Gasteiger partial charge in [0.15, 0.2) is 0 Å². The highest BCUT2D eigenvalue weighted by atomic mass is 16.6. The molecule has 2 heterocycles. The summed E-state index contributed by atoms with van der Waals surface area (Å²) in [6.07, 6.45) is 4.61. The summed E-state index contributed by atoms with van der Waals surface area (Å²) in [5, 5.41) is 0. The molecule has 1 unspecified atom stereocenters. The number of rotatable bonds is 11. The fraction of sp³-hybridized carbons (Fsp3) is 0.639. The van der Waals surface area contributed by atoms with E-state index in [1.165, 1.54) is 12.0 Å². The molecule has 4 rings (SSSR count). The molecule has 2 aliphatic heterocycles. The lowest BCUT2D eigenvalue weighted by molar-refractivity contribution is -0.128. The molecule has 1 amide bonds. The van der Waals surface area contributed by atoms with Crippen molar-refractivity contribution in [3.8, 4) is 5.75 Å². The van der Waals surface area contributed by atoms with Gasteiger partial charge in [-0.05, 0) is 83.6 Å². The minimum absolute atomic E-state index is 0.0357. The molecule has 7 nitrogen and oxygen atoms in total. The van der Waals surface area contributed by atoms with Crippen LogP contribution in [0.25, 0.3) is 0 Å². The molecule has 7 heteroatoms. The van der Waals surface area contributed by atoms with Crippen LogP contribution in [0.3, 0.4) is 0 Å². The van der Waals surface area contributed by atoms with Crippen molar-refractivity contribution < 1.29 is 19.0 Å². The Morgan fingerprint density at radius 1 is 1.05 bits per heavy atom. The highest BCUT2D eigenvalue weighted by molar-refractivity contribution is 5.67. The summed E-state index contributed by atoms with van der Waals surface area (Å²) in [4.78, 5) is 19.5. The third kappa shape index (κ3) is 9.69. The zero-order valence-corrected chi connectivity index (χ0v) is 27.7. The summed E-state index contributed by atoms with van der Waals surface area (Å²) in [5.74, 6) is 0.864. The number of hydrogen-bond donors (Lipinski definition) is 0. The van der Waals surface area contributed by atoms with Crippen LogP contribution in [0.2, 0.25) is 0 Å². The largest absolute Gasteiger partial charge is 0.486 e. The molecule has 0 radical (unpaired) electrons. The minimum Gasteiger partial charge on any atom is -0.486 e. The first-order chi connectivity index (χ1) is 20.4. The molecule has 43 heavy (non-hydrogen) atoms. The summed E-state index contributed by atoms with van der Waals surface area (Å²) < 4.78 is 18.2. The number of carbonyl (C=O) groups excluding carboxylic acids is 1. The molecule has 238 valence electrons. The van der Waals surface area contributed by atoms with Crippen molar-refractivity contribution >= 4 is 6.09 Å². The fourth-order valence-electron chi connectivity index (χ4n) is 6.62. The maximum atomic E-state index is 12.5. The van der Waals surface area contributed by atoms with Crippen molar-refractivity contribution in [3.05, 3.63) is 65.7 Å². The number of benzene rings is 2. The van der Waals surface area contributed by atoms with E-state index in [9.17, 15) is 4.79 Å². The van der Waals surface area contributed by atoms with E-state index in [4.69, 9.17) is 14.2 Å². The van der Waals surface area contributed by atoms with Gasteiger partial charge in [-0.25, -0.2) is 4.79 Å². The third-order valence-electron chi connectivity index (χ3n) is 9.01. The Morgan fingerprint density at radius 2 is 1.77 bits per heavy atom. The van der Waals surface area contributed by atoms with E-state index in [1.807, 2.05) is 45.0 Å². The molecule has 2 saturated heterocycles. The molecule has 2 aliphatic rings. The maximum Gasteiger partial charge on any atom is 0.410 e. The molecular weight excluding hydrogens is 538 g/mol. The van der Waals surface area contributed by atoms with Gasteiger partial charge in [0.1, 0.15) is 17.5 Å². The van der Waals surface area contributed by atoms with Gasteiger partial charge in [-0.3, -0.25) is 4.90 Å². The normalized spacial score (nSPS) is 22.1. The first-order valence-electron chi connectivity index (χ1n) is 16.2. The number of hydrogen-bond acceptors (Lipinski definition) is 6. The van der Waals surface area contributed by atoms with Gasteiger partial charge in [0.05, 0.1) is 5.60 Å². The van der Waals surface area contributed by atoms with Crippen LogP contribution in [-0.4, -0.2) is 90.5 Å². The lowest BCUT2D eigenvalue weighted by Gasteiger charge is -2.53.